The number of amides is 1. The zero-order valence-corrected chi connectivity index (χ0v) is 16.3. The maximum atomic E-state index is 12.2. The highest BCUT2D eigenvalue weighted by molar-refractivity contribution is 5.94. The second-order valence-corrected chi connectivity index (χ2v) is 6.80. The van der Waals surface area contributed by atoms with Crippen LogP contribution in [0.1, 0.15) is 15.9 Å². The Kier molecular flexibility index (Phi) is 5.15. The van der Waals surface area contributed by atoms with Crippen LogP contribution in [-0.2, 0) is 6.42 Å². The van der Waals surface area contributed by atoms with E-state index < -0.39 is 0 Å². The first kappa shape index (κ1) is 18.5. The predicted octanol–water partition coefficient (Wildman–Crippen LogP) is 2.54. The summed E-state index contributed by atoms with van der Waals surface area (Å²) < 4.78 is 1.64. The summed E-state index contributed by atoms with van der Waals surface area (Å²) in [6.07, 6.45) is 2.49. The van der Waals surface area contributed by atoms with Gasteiger partial charge in [0.25, 0.3) is 5.91 Å². The van der Waals surface area contributed by atoms with Gasteiger partial charge in [0.05, 0.1) is 0 Å². The van der Waals surface area contributed by atoms with Crippen LogP contribution in [0.25, 0.3) is 17.2 Å². The molecule has 0 aliphatic heterocycles. The summed E-state index contributed by atoms with van der Waals surface area (Å²) in [5.74, 6) is 1.11. The van der Waals surface area contributed by atoms with Gasteiger partial charge in [-0.25, -0.2) is 0 Å². The summed E-state index contributed by atoms with van der Waals surface area (Å²) in [7, 11) is 3.42. The van der Waals surface area contributed by atoms with E-state index in [1.165, 1.54) is 10.5 Å². The fourth-order valence-corrected chi connectivity index (χ4v) is 2.97. The Bertz CT molecular complexity index is 1140. The third kappa shape index (κ3) is 4.06. The molecule has 146 valence electrons. The van der Waals surface area contributed by atoms with Gasteiger partial charge in [0, 0.05) is 32.4 Å². The molecule has 1 amide bonds. The number of nitrogens with one attached hydrogen (secondary N) is 1. The van der Waals surface area contributed by atoms with Crippen molar-refractivity contribution in [2.75, 3.05) is 26.0 Å². The second-order valence-electron chi connectivity index (χ2n) is 6.80. The van der Waals surface area contributed by atoms with E-state index >= 15 is 0 Å². The summed E-state index contributed by atoms with van der Waals surface area (Å²) in [6.45, 7) is 0.755. The average molecular weight is 387 g/mol. The zero-order valence-electron chi connectivity index (χ0n) is 16.3. The number of aromatic nitrogens is 5. The number of rotatable bonds is 6. The highest BCUT2D eigenvalue weighted by Crippen LogP contribution is 2.18. The van der Waals surface area contributed by atoms with E-state index in [0.29, 0.717) is 22.7 Å². The molecule has 0 spiro atoms. The Morgan fingerprint density at radius 2 is 1.90 bits per heavy atom. The van der Waals surface area contributed by atoms with Gasteiger partial charge < -0.3 is 10.2 Å². The van der Waals surface area contributed by atoms with Crippen LogP contribution in [-0.4, -0.2) is 56.2 Å². The number of anilines is 1. The summed E-state index contributed by atoms with van der Waals surface area (Å²) in [5.41, 5.74) is 2.95. The number of fused-ring (bicyclic) bond motifs is 1. The minimum absolute atomic E-state index is 0.0984. The fraction of sp³-hybridized carbons (Fsp3) is 0.190. The number of benzene rings is 1. The molecule has 1 N–H and O–H groups in total. The molecule has 0 atom stereocenters. The highest BCUT2D eigenvalue weighted by atomic mass is 16.2. The van der Waals surface area contributed by atoms with Gasteiger partial charge in [-0.2, -0.15) is 4.52 Å². The van der Waals surface area contributed by atoms with Gasteiger partial charge >= 0.3 is 0 Å². The van der Waals surface area contributed by atoms with Gasteiger partial charge in [0.2, 0.25) is 5.82 Å². The molecule has 8 heteroatoms. The fourth-order valence-electron chi connectivity index (χ4n) is 2.97. The molecule has 1 aromatic carbocycles. The largest absolute Gasteiger partial charge is 0.368 e. The molecular formula is C21H21N7O. The topological polar surface area (TPSA) is 88.3 Å². The van der Waals surface area contributed by atoms with Crippen LogP contribution in [0.2, 0.25) is 0 Å². The van der Waals surface area contributed by atoms with E-state index in [2.05, 4.69) is 37.7 Å². The van der Waals surface area contributed by atoms with E-state index in [9.17, 15) is 4.79 Å². The van der Waals surface area contributed by atoms with Crippen LogP contribution < -0.4 is 5.32 Å². The van der Waals surface area contributed by atoms with Crippen LogP contribution in [0.5, 0.6) is 0 Å². The molecule has 29 heavy (non-hydrogen) atoms. The first-order chi connectivity index (χ1) is 14.1. The lowest BCUT2D eigenvalue weighted by Gasteiger charge is -2.10. The van der Waals surface area contributed by atoms with Crippen molar-refractivity contribution in [1.82, 2.24) is 29.7 Å². The third-order valence-corrected chi connectivity index (χ3v) is 4.47. The summed E-state index contributed by atoms with van der Waals surface area (Å²) in [6, 6.07) is 17.4. The SMILES string of the molecule is CN(C)C(=O)c1ccnc(-c2nnc3ccc(NCCc4ccccc4)nn23)c1. The number of carbonyl (C=O) groups is 1. The molecule has 0 bridgehead atoms. The summed E-state index contributed by atoms with van der Waals surface area (Å²) >= 11 is 0. The molecule has 0 unspecified atom stereocenters. The van der Waals surface area contributed by atoms with E-state index in [1.54, 1.807) is 36.9 Å². The molecule has 0 saturated heterocycles. The van der Waals surface area contributed by atoms with E-state index in [4.69, 9.17) is 0 Å². The number of hydrogen-bond acceptors (Lipinski definition) is 6. The number of pyridine rings is 1. The molecule has 3 aromatic heterocycles. The Morgan fingerprint density at radius 1 is 1.07 bits per heavy atom. The molecule has 0 aliphatic carbocycles. The molecule has 4 rings (SSSR count). The summed E-state index contributed by atoms with van der Waals surface area (Å²) in [4.78, 5) is 18.1. The lowest BCUT2D eigenvalue weighted by molar-refractivity contribution is 0.0827. The maximum Gasteiger partial charge on any atom is 0.253 e. The lowest BCUT2D eigenvalue weighted by Crippen LogP contribution is -2.21. The molecular weight excluding hydrogens is 366 g/mol. The lowest BCUT2D eigenvalue weighted by atomic mass is 10.1. The maximum absolute atomic E-state index is 12.2. The van der Waals surface area contributed by atoms with Gasteiger partial charge in [0.15, 0.2) is 5.65 Å². The van der Waals surface area contributed by atoms with Crippen LogP contribution in [0.3, 0.4) is 0 Å². The molecule has 3 heterocycles. The number of carbonyl (C=O) groups excluding carboxylic acids is 1. The monoisotopic (exact) mass is 387 g/mol. The van der Waals surface area contributed by atoms with E-state index in [0.717, 1.165) is 18.8 Å². The van der Waals surface area contributed by atoms with Crippen molar-refractivity contribution in [2.24, 2.45) is 0 Å². The minimum atomic E-state index is -0.0984. The molecule has 4 aromatic rings. The van der Waals surface area contributed by atoms with Crippen molar-refractivity contribution in [3.05, 3.63) is 71.9 Å². The minimum Gasteiger partial charge on any atom is -0.368 e. The molecule has 0 fully saturated rings. The van der Waals surface area contributed by atoms with Crippen LogP contribution >= 0.6 is 0 Å². The number of hydrogen-bond donors (Lipinski definition) is 1. The zero-order chi connectivity index (χ0) is 20.2. The Morgan fingerprint density at radius 3 is 2.69 bits per heavy atom. The second kappa shape index (κ2) is 8.05. The van der Waals surface area contributed by atoms with Crippen molar-refractivity contribution < 1.29 is 4.79 Å². The highest BCUT2D eigenvalue weighted by Gasteiger charge is 2.15. The van der Waals surface area contributed by atoms with Gasteiger partial charge in [-0.05, 0) is 36.2 Å². The van der Waals surface area contributed by atoms with Crippen LogP contribution in [0.15, 0.2) is 60.8 Å². The van der Waals surface area contributed by atoms with Crippen LogP contribution in [0, 0.1) is 0 Å². The van der Waals surface area contributed by atoms with E-state index in [1.807, 2.05) is 30.3 Å². The van der Waals surface area contributed by atoms with Crippen molar-refractivity contribution >= 4 is 17.4 Å². The first-order valence-electron chi connectivity index (χ1n) is 9.30. The Hall–Kier alpha value is -3.81. The van der Waals surface area contributed by atoms with Gasteiger partial charge in [-0.15, -0.1) is 15.3 Å². The normalized spacial score (nSPS) is 10.8. The van der Waals surface area contributed by atoms with Gasteiger partial charge in [0.1, 0.15) is 11.5 Å². The van der Waals surface area contributed by atoms with Crippen molar-refractivity contribution in [2.45, 2.75) is 6.42 Å². The quantitative estimate of drug-likeness (QED) is 0.547. The standard InChI is InChI=1S/C21H21N7O/c1-27(2)21(29)16-11-13-22-17(14-16)20-25-24-19-9-8-18(26-28(19)20)23-12-10-15-6-4-3-5-7-15/h3-9,11,13-14H,10,12H2,1-2H3,(H,23,26). The van der Waals surface area contributed by atoms with Gasteiger partial charge in [-0.1, -0.05) is 30.3 Å². The Labute approximate surface area is 168 Å². The van der Waals surface area contributed by atoms with E-state index in [-0.39, 0.29) is 5.91 Å². The van der Waals surface area contributed by atoms with Crippen LogP contribution in [0.4, 0.5) is 5.82 Å². The third-order valence-electron chi connectivity index (χ3n) is 4.47. The molecule has 0 aliphatic rings. The molecule has 8 nitrogen and oxygen atoms in total. The Balaban J connectivity index is 1.57. The average Bonchev–Trinajstić information content (AvgIpc) is 3.17. The molecule has 0 radical (unpaired) electrons. The predicted molar refractivity (Wildman–Crippen MR) is 111 cm³/mol. The number of nitrogens with zero attached hydrogens (tertiary/aromatic N) is 6. The first-order valence-corrected chi connectivity index (χ1v) is 9.30. The smallest absolute Gasteiger partial charge is 0.253 e. The van der Waals surface area contributed by atoms with Gasteiger partial charge in [-0.3, -0.25) is 9.78 Å². The van der Waals surface area contributed by atoms with Crippen molar-refractivity contribution in [1.29, 1.82) is 0 Å². The molecule has 0 saturated carbocycles. The summed E-state index contributed by atoms with van der Waals surface area (Å²) in [5, 5.41) is 16.3. The van der Waals surface area contributed by atoms with Crippen molar-refractivity contribution in [3.63, 3.8) is 0 Å². The van der Waals surface area contributed by atoms with Crippen molar-refractivity contribution in [3.8, 4) is 11.5 Å².